The van der Waals surface area contributed by atoms with Gasteiger partial charge >= 0.3 is 0 Å². The van der Waals surface area contributed by atoms with Crippen LogP contribution in [0.3, 0.4) is 0 Å². The highest BCUT2D eigenvalue weighted by Crippen LogP contribution is 2.23. The summed E-state index contributed by atoms with van der Waals surface area (Å²) in [6, 6.07) is 1.86. The third kappa shape index (κ3) is 3.17. The fourth-order valence-corrected chi connectivity index (χ4v) is 3.57. The van der Waals surface area contributed by atoms with Crippen molar-refractivity contribution in [1.82, 2.24) is 14.9 Å². The van der Waals surface area contributed by atoms with Gasteiger partial charge < -0.3 is 9.80 Å². The number of amides is 1. The molecule has 0 saturated carbocycles. The molecule has 2 saturated heterocycles. The number of carbonyl (C=O) groups is 1. The number of nitrogens with zero attached hydrogens (tertiary/aromatic N) is 4. The lowest BCUT2D eigenvalue weighted by Gasteiger charge is -2.34. The number of anilines is 1. The van der Waals surface area contributed by atoms with E-state index in [1.807, 2.05) is 11.0 Å². The molecular weight excluding hydrogens is 264 g/mol. The third-order valence-electron chi connectivity index (χ3n) is 4.46. The van der Waals surface area contributed by atoms with E-state index in [-0.39, 0.29) is 5.91 Å². The maximum Gasteiger partial charge on any atom is 0.272 e. The number of rotatable bonds is 2. The summed E-state index contributed by atoms with van der Waals surface area (Å²) >= 11 is 0. The van der Waals surface area contributed by atoms with Crippen LogP contribution >= 0.6 is 0 Å². The first-order valence-electron chi connectivity index (χ1n) is 7.99. The molecule has 5 heteroatoms. The van der Waals surface area contributed by atoms with Gasteiger partial charge in [-0.1, -0.05) is 13.8 Å². The van der Waals surface area contributed by atoms with E-state index in [1.165, 1.54) is 25.6 Å². The van der Waals surface area contributed by atoms with Crippen LogP contribution < -0.4 is 4.90 Å². The number of likely N-dealkylation sites (tertiary alicyclic amines) is 1. The molecule has 0 aliphatic carbocycles. The molecule has 114 valence electrons. The Balaban J connectivity index is 1.76. The second-order valence-corrected chi connectivity index (χ2v) is 6.61. The molecule has 0 bridgehead atoms. The minimum Gasteiger partial charge on any atom is -0.357 e. The number of hydrogen-bond donors (Lipinski definition) is 0. The van der Waals surface area contributed by atoms with E-state index in [2.05, 4.69) is 28.7 Å². The Morgan fingerprint density at radius 1 is 1.14 bits per heavy atom. The van der Waals surface area contributed by atoms with Crippen LogP contribution in [0.15, 0.2) is 12.4 Å². The topological polar surface area (TPSA) is 49.3 Å². The van der Waals surface area contributed by atoms with Gasteiger partial charge in [-0.2, -0.15) is 0 Å². The molecule has 2 aliphatic rings. The number of hydrogen-bond acceptors (Lipinski definition) is 4. The zero-order valence-corrected chi connectivity index (χ0v) is 13.0. The fraction of sp³-hybridized carbons (Fsp3) is 0.688. The minimum absolute atomic E-state index is 0.0521. The molecular formula is C16H24N4O. The summed E-state index contributed by atoms with van der Waals surface area (Å²) in [6.07, 6.45) is 5.13. The van der Waals surface area contributed by atoms with Crippen LogP contribution in [0.5, 0.6) is 0 Å². The van der Waals surface area contributed by atoms with Gasteiger partial charge in [-0.25, -0.2) is 9.97 Å². The molecule has 21 heavy (non-hydrogen) atoms. The Bertz CT molecular complexity index is 503. The van der Waals surface area contributed by atoms with Crippen molar-refractivity contribution in [2.24, 2.45) is 11.8 Å². The summed E-state index contributed by atoms with van der Waals surface area (Å²) < 4.78 is 0. The molecule has 0 spiro atoms. The summed E-state index contributed by atoms with van der Waals surface area (Å²) in [4.78, 5) is 25.4. The van der Waals surface area contributed by atoms with Crippen molar-refractivity contribution in [2.75, 3.05) is 31.1 Å². The largest absolute Gasteiger partial charge is 0.357 e. The van der Waals surface area contributed by atoms with Crippen molar-refractivity contribution in [3.63, 3.8) is 0 Å². The van der Waals surface area contributed by atoms with Crippen molar-refractivity contribution in [2.45, 2.75) is 33.1 Å². The maximum absolute atomic E-state index is 12.7. The van der Waals surface area contributed by atoms with Crippen molar-refractivity contribution < 1.29 is 4.79 Å². The van der Waals surface area contributed by atoms with E-state index in [9.17, 15) is 4.79 Å². The standard InChI is InChI=1S/C16H24N4O/c1-12-7-13(2)10-20(9-12)16(21)14-8-15(18-11-17-14)19-5-3-4-6-19/h8,11-13H,3-7,9-10H2,1-2H3. The summed E-state index contributed by atoms with van der Waals surface area (Å²) in [5, 5.41) is 0. The Morgan fingerprint density at radius 2 is 1.81 bits per heavy atom. The monoisotopic (exact) mass is 288 g/mol. The van der Waals surface area contributed by atoms with Crippen LogP contribution in [0.4, 0.5) is 5.82 Å². The highest BCUT2D eigenvalue weighted by atomic mass is 16.2. The smallest absolute Gasteiger partial charge is 0.272 e. The number of carbonyl (C=O) groups excluding carboxylic acids is 1. The van der Waals surface area contributed by atoms with Gasteiger partial charge in [-0.3, -0.25) is 4.79 Å². The van der Waals surface area contributed by atoms with Crippen LogP contribution in [0.1, 0.15) is 43.6 Å². The van der Waals surface area contributed by atoms with Gasteiger partial charge in [0.15, 0.2) is 0 Å². The second-order valence-electron chi connectivity index (χ2n) is 6.61. The lowest BCUT2D eigenvalue weighted by atomic mass is 9.92. The highest BCUT2D eigenvalue weighted by Gasteiger charge is 2.27. The predicted octanol–water partition coefficient (Wildman–Crippen LogP) is 2.19. The zero-order chi connectivity index (χ0) is 14.8. The van der Waals surface area contributed by atoms with Gasteiger partial charge in [0.05, 0.1) is 0 Å². The van der Waals surface area contributed by atoms with Crippen LogP contribution in [0.25, 0.3) is 0 Å². The molecule has 2 aliphatic heterocycles. The molecule has 0 radical (unpaired) electrons. The molecule has 2 fully saturated rings. The van der Waals surface area contributed by atoms with Crippen LogP contribution in [0, 0.1) is 11.8 Å². The predicted molar refractivity (Wildman–Crippen MR) is 82.3 cm³/mol. The average molecular weight is 288 g/mol. The Morgan fingerprint density at radius 3 is 2.48 bits per heavy atom. The molecule has 1 aromatic rings. The third-order valence-corrected chi connectivity index (χ3v) is 4.46. The average Bonchev–Trinajstić information content (AvgIpc) is 3.00. The lowest BCUT2D eigenvalue weighted by Crippen LogP contribution is -2.43. The van der Waals surface area contributed by atoms with Crippen LogP contribution in [-0.4, -0.2) is 47.0 Å². The molecule has 3 heterocycles. The molecule has 1 aromatic heterocycles. The summed E-state index contributed by atoms with van der Waals surface area (Å²) in [7, 11) is 0. The van der Waals surface area contributed by atoms with Crippen molar-refractivity contribution in [1.29, 1.82) is 0 Å². The highest BCUT2D eigenvalue weighted by molar-refractivity contribution is 5.93. The molecule has 0 aromatic carbocycles. The Hall–Kier alpha value is -1.65. The van der Waals surface area contributed by atoms with Gasteiger partial charge in [0, 0.05) is 32.2 Å². The van der Waals surface area contributed by atoms with E-state index in [4.69, 9.17) is 0 Å². The van der Waals surface area contributed by atoms with E-state index < -0.39 is 0 Å². The van der Waals surface area contributed by atoms with Crippen LogP contribution in [-0.2, 0) is 0 Å². The van der Waals surface area contributed by atoms with Crippen molar-refractivity contribution in [3.8, 4) is 0 Å². The van der Waals surface area contributed by atoms with Gasteiger partial charge in [0.1, 0.15) is 17.8 Å². The second kappa shape index (κ2) is 6.00. The molecule has 1 amide bonds. The molecule has 2 unspecified atom stereocenters. The fourth-order valence-electron chi connectivity index (χ4n) is 3.57. The van der Waals surface area contributed by atoms with Crippen LogP contribution in [0.2, 0.25) is 0 Å². The first-order valence-corrected chi connectivity index (χ1v) is 7.99. The van der Waals surface area contributed by atoms with Gasteiger partial charge in [0.2, 0.25) is 0 Å². The van der Waals surface area contributed by atoms with Gasteiger partial charge in [0.25, 0.3) is 5.91 Å². The molecule has 0 N–H and O–H groups in total. The Labute approximate surface area is 126 Å². The maximum atomic E-state index is 12.7. The normalized spacial score (nSPS) is 26.2. The number of piperidine rings is 1. The molecule has 5 nitrogen and oxygen atoms in total. The quantitative estimate of drug-likeness (QED) is 0.837. The SMILES string of the molecule is CC1CC(C)CN(C(=O)c2cc(N3CCCC3)ncn2)C1. The van der Waals surface area contributed by atoms with E-state index in [0.29, 0.717) is 17.5 Å². The first-order chi connectivity index (χ1) is 10.1. The van der Waals surface area contributed by atoms with E-state index in [0.717, 1.165) is 32.0 Å². The zero-order valence-electron chi connectivity index (χ0n) is 13.0. The summed E-state index contributed by atoms with van der Waals surface area (Å²) in [5.41, 5.74) is 0.535. The van der Waals surface area contributed by atoms with Gasteiger partial charge in [-0.05, 0) is 31.1 Å². The lowest BCUT2D eigenvalue weighted by molar-refractivity contribution is 0.0617. The number of aromatic nitrogens is 2. The van der Waals surface area contributed by atoms with Gasteiger partial charge in [-0.15, -0.1) is 0 Å². The van der Waals surface area contributed by atoms with Crippen molar-refractivity contribution >= 4 is 11.7 Å². The minimum atomic E-state index is 0.0521. The van der Waals surface area contributed by atoms with E-state index >= 15 is 0 Å². The molecule has 2 atom stereocenters. The summed E-state index contributed by atoms with van der Waals surface area (Å²) in [5.74, 6) is 2.08. The molecule has 3 rings (SSSR count). The van der Waals surface area contributed by atoms with E-state index in [1.54, 1.807) is 0 Å². The Kier molecular flexibility index (Phi) is 4.08. The summed E-state index contributed by atoms with van der Waals surface area (Å²) in [6.45, 7) is 8.17. The van der Waals surface area contributed by atoms with Crippen molar-refractivity contribution in [3.05, 3.63) is 18.1 Å². The first kappa shape index (κ1) is 14.3.